The average molecular weight is 183 g/mol. The van der Waals surface area contributed by atoms with Crippen molar-refractivity contribution in [3.63, 3.8) is 0 Å². The van der Waals surface area contributed by atoms with Gasteiger partial charge >= 0.3 is 11.3 Å². The lowest BCUT2D eigenvalue weighted by Gasteiger charge is -1.73. The normalized spacial score (nSPS) is 9.50. The molecule has 0 aliphatic rings. The summed E-state index contributed by atoms with van der Waals surface area (Å²) in [5.74, 6) is 0. The Hall–Kier alpha value is 0.500. The lowest BCUT2D eigenvalue weighted by Crippen LogP contribution is -1.94. The molecule has 0 unspecified atom stereocenters. The van der Waals surface area contributed by atoms with Gasteiger partial charge in [0.1, 0.15) is 0 Å². The van der Waals surface area contributed by atoms with Gasteiger partial charge in [0.25, 0.3) is 9.05 Å². The number of halogens is 1. The lowest BCUT2D eigenvalue weighted by molar-refractivity contribution is -1.27. The van der Waals surface area contributed by atoms with Crippen LogP contribution in [0, 0.1) is 11.3 Å². The molecule has 0 saturated heterocycles. The largest absolute Gasteiger partial charge is 0.506 e. The maximum atomic E-state index is 9.11. The second-order valence-electron chi connectivity index (χ2n) is 0.517. The van der Waals surface area contributed by atoms with Gasteiger partial charge in [0.05, 0.1) is 0 Å². The minimum atomic E-state index is -3.83. The van der Waals surface area contributed by atoms with Crippen molar-refractivity contribution in [2.24, 2.45) is 0 Å². The highest BCUT2D eigenvalue weighted by atomic mass is 35.6. The summed E-state index contributed by atoms with van der Waals surface area (Å²) < 4.78 is 39.2. The third kappa shape index (κ3) is 787. The van der Waals surface area contributed by atoms with E-state index in [0.29, 0.717) is 0 Å². The Morgan fingerprint density at radius 2 is 1.62 bits per heavy atom. The molecule has 0 aromatic heterocycles. The Morgan fingerprint density at radius 1 is 1.62 bits per heavy atom. The molecule has 0 spiro atoms. The minimum absolute atomic E-state index is 0.167. The van der Waals surface area contributed by atoms with E-state index in [1.165, 1.54) is 0 Å². The van der Waals surface area contributed by atoms with Crippen LogP contribution >= 0.6 is 0 Å². The molecule has 5 nitrogen and oxygen atoms in total. The summed E-state index contributed by atoms with van der Waals surface area (Å²) >= 11 is 3.30. The molecule has 0 aliphatic heterocycles. The molecular formula is H3ClO5S2. The number of hydrogen-bond donors (Lipinski definition) is 3. The van der Waals surface area contributed by atoms with Gasteiger partial charge in [-0.05, 0) is 0 Å². The summed E-state index contributed by atoms with van der Waals surface area (Å²) in [7, 11) is -3.83. The Labute approximate surface area is 54.7 Å². The molecule has 0 aromatic carbocycles. The maximum Gasteiger partial charge on any atom is 0.327 e. The molecule has 0 rings (SSSR count). The van der Waals surface area contributed by atoms with Crippen molar-refractivity contribution in [1.82, 2.24) is 0 Å². The van der Waals surface area contributed by atoms with Gasteiger partial charge in [-0.25, -0.2) is 0 Å². The second-order valence-corrected chi connectivity index (χ2v) is 2.85. The smallest absolute Gasteiger partial charge is 0.327 e. The van der Waals surface area contributed by atoms with E-state index in [9.17, 15) is 0 Å². The van der Waals surface area contributed by atoms with Gasteiger partial charge in [-0.2, -0.15) is 4.21 Å². The van der Waals surface area contributed by atoms with Gasteiger partial charge in [0.15, 0.2) is 0 Å². The van der Waals surface area contributed by atoms with E-state index < -0.39 is 9.05 Å². The summed E-state index contributed by atoms with van der Waals surface area (Å²) in [6.45, 7) is 0. The van der Waals surface area contributed by atoms with Crippen LogP contribution in [-0.2, 0) is 20.2 Å². The van der Waals surface area contributed by atoms with E-state index >= 15 is 0 Å². The molecule has 8 heavy (non-hydrogen) atoms. The number of hydrogen-bond acceptors (Lipinski definition) is 4. The van der Waals surface area contributed by atoms with Crippen molar-refractivity contribution in [3.05, 3.63) is 0 Å². The standard InChI is InChI=1S/ClHO2.H2O3S2/c2-1-3;1-5(2,3)4/h2H;(H2,1,2,3,4). The molecule has 0 heterocycles. The molecule has 3 N–H and O–H groups in total. The monoisotopic (exact) mass is 182 g/mol. The van der Waals surface area contributed by atoms with Crippen LogP contribution in [0.3, 0.4) is 0 Å². The Kier molecular flexibility index (Phi) is 7.97. The zero-order valence-electron chi connectivity index (χ0n) is 3.35. The van der Waals surface area contributed by atoms with Crippen LogP contribution in [0.25, 0.3) is 0 Å². The van der Waals surface area contributed by atoms with Gasteiger partial charge < -0.3 is 4.66 Å². The highest BCUT2D eigenvalue weighted by Crippen LogP contribution is 1.62. The topological polar surface area (TPSA) is 101 Å². The molecule has 0 amide bonds. The van der Waals surface area contributed by atoms with E-state index in [2.05, 4.69) is 11.2 Å². The molecular weight excluding hydrogens is 180 g/mol. The van der Waals surface area contributed by atoms with Crippen molar-refractivity contribution < 1.29 is 34.0 Å². The molecule has 0 atom stereocenters. The van der Waals surface area contributed by atoms with Crippen molar-refractivity contribution in [2.75, 3.05) is 0 Å². The highest BCUT2D eigenvalue weighted by molar-refractivity contribution is 8.26. The van der Waals surface area contributed by atoms with Crippen LogP contribution in [0.2, 0.25) is 0 Å². The third-order valence-corrected chi connectivity index (χ3v) is 0. The fraction of sp³-hybridized carbons (Fsp3) is 0. The zero-order chi connectivity index (χ0) is 7.21. The van der Waals surface area contributed by atoms with Crippen molar-refractivity contribution >= 4 is 20.2 Å². The second kappa shape index (κ2) is 5.63. The molecule has 0 bridgehead atoms. The summed E-state index contributed by atoms with van der Waals surface area (Å²) in [4.78, 5) is 0. The summed E-state index contributed by atoms with van der Waals surface area (Å²) in [6.07, 6.45) is 0. The number of rotatable bonds is 0. The fourth-order valence-electron chi connectivity index (χ4n) is 0. The molecule has 0 aromatic rings. The van der Waals surface area contributed by atoms with Crippen molar-refractivity contribution in [1.29, 1.82) is 0 Å². The van der Waals surface area contributed by atoms with E-state index in [1.807, 2.05) is 0 Å². The zero-order valence-corrected chi connectivity index (χ0v) is 5.74. The van der Waals surface area contributed by atoms with E-state index in [1.54, 1.807) is 0 Å². The first-order valence-corrected chi connectivity index (χ1v) is 4.07. The fourth-order valence-corrected chi connectivity index (χ4v) is 0. The van der Waals surface area contributed by atoms with E-state index in [4.69, 9.17) is 22.6 Å². The SMILES string of the molecule is O=S(O)(O)=S.[O-][Cl+]O. The van der Waals surface area contributed by atoms with Crippen LogP contribution in [0.5, 0.6) is 0 Å². The first-order chi connectivity index (χ1) is 3.41. The molecule has 0 saturated carbocycles. The lowest BCUT2D eigenvalue weighted by atomic mass is 15.8. The maximum absolute atomic E-state index is 9.11. The van der Waals surface area contributed by atoms with Gasteiger partial charge in [-0.15, -0.1) is 4.66 Å². The highest BCUT2D eigenvalue weighted by Gasteiger charge is 1.78. The van der Waals surface area contributed by atoms with E-state index in [0.717, 1.165) is 0 Å². The predicted octanol–water partition coefficient (Wildman–Crippen LogP) is -2.07. The first-order valence-electron chi connectivity index (χ1n) is 1.02. The molecule has 8 heteroatoms. The summed E-state index contributed by atoms with van der Waals surface area (Å²) in [6, 6.07) is 0. The molecule has 0 fully saturated rings. The molecule has 52 valence electrons. The Balaban J connectivity index is 0. The molecule has 0 radical (unpaired) electrons. The van der Waals surface area contributed by atoms with Gasteiger partial charge in [0, 0.05) is 11.2 Å². The van der Waals surface area contributed by atoms with Gasteiger partial charge in [-0.1, -0.05) is 0 Å². The van der Waals surface area contributed by atoms with E-state index in [-0.39, 0.29) is 11.3 Å². The average Bonchev–Trinajstić information content (AvgIpc) is 1.27. The van der Waals surface area contributed by atoms with Crippen molar-refractivity contribution in [3.8, 4) is 0 Å². The van der Waals surface area contributed by atoms with Crippen LogP contribution < -0.4 is 4.66 Å². The van der Waals surface area contributed by atoms with Crippen molar-refractivity contribution in [2.45, 2.75) is 0 Å². The third-order valence-electron chi connectivity index (χ3n) is 0. The van der Waals surface area contributed by atoms with Gasteiger partial charge in [-0.3, -0.25) is 9.11 Å². The first kappa shape index (κ1) is 11.3. The van der Waals surface area contributed by atoms with Crippen LogP contribution in [0.1, 0.15) is 0 Å². The van der Waals surface area contributed by atoms with Gasteiger partial charge in [0.2, 0.25) is 0 Å². The Bertz CT molecular complexity index is 104. The van der Waals surface area contributed by atoms with Crippen LogP contribution in [0.15, 0.2) is 0 Å². The quantitative estimate of drug-likeness (QED) is 0.398. The summed E-state index contributed by atoms with van der Waals surface area (Å²) in [5, 5.41) is 0. The van der Waals surface area contributed by atoms with Crippen LogP contribution in [0.4, 0.5) is 0 Å². The molecule has 0 aliphatic carbocycles. The summed E-state index contributed by atoms with van der Waals surface area (Å²) in [5.41, 5.74) is 0. The predicted molar refractivity (Wildman–Crippen MR) is 23.0 cm³/mol. The minimum Gasteiger partial charge on any atom is -0.506 e. The van der Waals surface area contributed by atoms with Crippen LogP contribution in [-0.4, -0.2) is 18.0 Å². The Morgan fingerprint density at radius 3 is 1.62 bits per heavy atom.